The first-order valence-electron chi connectivity index (χ1n) is 7.09. The van der Waals surface area contributed by atoms with Gasteiger partial charge in [0.05, 0.1) is 10.7 Å². The summed E-state index contributed by atoms with van der Waals surface area (Å²) in [5.74, 6) is 0.965. The maximum Gasteiger partial charge on any atom is 0.241 e. The van der Waals surface area contributed by atoms with Crippen molar-refractivity contribution in [3.05, 3.63) is 66.4 Å². The second-order valence-electron chi connectivity index (χ2n) is 5.17. The van der Waals surface area contributed by atoms with E-state index in [9.17, 15) is 0 Å². The third-order valence-electron chi connectivity index (χ3n) is 3.52. The molecule has 0 fully saturated rings. The van der Waals surface area contributed by atoms with Gasteiger partial charge in [-0.05, 0) is 56.1 Å². The Balaban J connectivity index is 1.87. The lowest BCUT2D eigenvalue weighted by atomic mass is 10.2. The minimum atomic E-state index is 0.408. The SMILES string of the molecule is Clc1cccnc1-n1nc(Br)cc1C1=Nc2c(Br)cc(Br)cc2CO1. The molecule has 0 saturated heterocycles. The number of pyridine rings is 1. The Morgan fingerprint density at radius 3 is 2.80 bits per heavy atom. The molecule has 2 aromatic heterocycles. The molecule has 0 atom stereocenters. The van der Waals surface area contributed by atoms with Crippen LogP contribution in [0.25, 0.3) is 5.82 Å². The lowest BCUT2D eigenvalue weighted by Crippen LogP contribution is -2.16. The lowest BCUT2D eigenvalue weighted by molar-refractivity contribution is 0.286. The van der Waals surface area contributed by atoms with Crippen molar-refractivity contribution in [3.63, 3.8) is 0 Å². The fourth-order valence-corrected chi connectivity index (χ4v) is 4.44. The Labute approximate surface area is 173 Å². The molecule has 0 N–H and O–H groups in total. The van der Waals surface area contributed by atoms with Gasteiger partial charge in [-0.15, -0.1) is 0 Å². The molecule has 0 unspecified atom stereocenters. The summed E-state index contributed by atoms with van der Waals surface area (Å²) in [7, 11) is 0. The fourth-order valence-electron chi connectivity index (χ4n) is 2.46. The number of aromatic nitrogens is 3. The van der Waals surface area contributed by atoms with E-state index in [0.29, 0.717) is 33.6 Å². The normalized spacial score (nSPS) is 13.2. The largest absolute Gasteiger partial charge is 0.471 e. The molecule has 1 aromatic carbocycles. The van der Waals surface area contributed by atoms with Gasteiger partial charge in [-0.1, -0.05) is 27.5 Å². The highest BCUT2D eigenvalue weighted by molar-refractivity contribution is 9.11. The van der Waals surface area contributed by atoms with Crippen LogP contribution in [0, 0.1) is 0 Å². The Morgan fingerprint density at radius 1 is 1.16 bits per heavy atom. The Morgan fingerprint density at radius 2 is 2.00 bits per heavy atom. The molecular weight excluding hydrogens is 539 g/mol. The van der Waals surface area contributed by atoms with Crippen molar-refractivity contribution >= 4 is 71.0 Å². The van der Waals surface area contributed by atoms with Gasteiger partial charge in [0.25, 0.3) is 0 Å². The van der Waals surface area contributed by atoms with Crippen LogP contribution in [0.3, 0.4) is 0 Å². The Bertz CT molecular complexity index is 1020. The van der Waals surface area contributed by atoms with Gasteiger partial charge in [-0.3, -0.25) is 0 Å². The van der Waals surface area contributed by atoms with Crippen LogP contribution in [0.4, 0.5) is 5.69 Å². The summed E-state index contributed by atoms with van der Waals surface area (Å²) in [5, 5.41) is 4.90. The average molecular weight is 547 g/mol. The molecule has 3 aromatic rings. The smallest absolute Gasteiger partial charge is 0.241 e. The molecule has 9 heteroatoms. The predicted octanol–water partition coefficient (Wildman–Crippen LogP) is 5.82. The number of nitrogens with zero attached hydrogens (tertiary/aromatic N) is 4. The van der Waals surface area contributed by atoms with E-state index in [0.717, 1.165) is 20.2 Å². The molecule has 0 amide bonds. The monoisotopic (exact) mass is 544 g/mol. The van der Waals surface area contributed by atoms with Crippen molar-refractivity contribution < 1.29 is 4.74 Å². The number of rotatable bonds is 2. The standard InChI is InChI=1S/C16H8Br3ClN4O/c17-9-4-8-7-25-16(22-14(8)10(18)5-9)12-6-13(19)23-24(12)15-11(20)2-1-3-21-15/h1-6H,7H2. The van der Waals surface area contributed by atoms with E-state index < -0.39 is 0 Å². The van der Waals surface area contributed by atoms with Crippen molar-refractivity contribution in [1.29, 1.82) is 0 Å². The van der Waals surface area contributed by atoms with Crippen molar-refractivity contribution in [2.75, 3.05) is 0 Å². The van der Waals surface area contributed by atoms with Crippen molar-refractivity contribution in [1.82, 2.24) is 14.8 Å². The minimum Gasteiger partial charge on any atom is -0.471 e. The third-order valence-corrected chi connectivity index (χ3v) is 5.27. The van der Waals surface area contributed by atoms with Gasteiger partial charge in [-0.2, -0.15) is 5.10 Å². The van der Waals surface area contributed by atoms with Gasteiger partial charge in [0.15, 0.2) is 5.82 Å². The molecule has 0 saturated carbocycles. The van der Waals surface area contributed by atoms with Gasteiger partial charge in [0.2, 0.25) is 5.90 Å². The molecule has 0 aliphatic carbocycles. The van der Waals surface area contributed by atoms with Crippen LogP contribution in [0.5, 0.6) is 0 Å². The highest BCUT2D eigenvalue weighted by Crippen LogP contribution is 2.37. The summed E-state index contributed by atoms with van der Waals surface area (Å²) < 4.78 is 9.97. The number of benzene rings is 1. The molecule has 1 aliphatic rings. The quantitative estimate of drug-likeness (QED) is 0.407. The lowest BCUT2D eigenvalue weighted by Gasteiger charge is -2.19. The second kappa shape index (κ2) is 6.83. The first-order valence-corrected chi connectivity index (χ1v) is 9.85. The van der Waals surface area contributed by atoms with Crippen molar-refractivity contribution in [2.45, 2.75) is 6.61 Å². The van der Waals surface area contributed by atoms with E-state index >= 15 is 0 Å². The molecule has 126 valence electrons. The van der Waals surface area contributed by atoms with Gasteiger partial charge >= 0.3 is 0 Å². The van der Waals surface area contributed by atoms with Crippen LogP contribution >= 0.6 is 59.4 Å². The second-order valence-corrected chi connectivity index (χ2v) is 8.16. The summed E-state index contributed by atoms with van der Waals surface area (Å²) in [5.41, 5.74) is 2.49. The maximum atomic E-state index is 6.27. The molecule has 3 heterocycles. The molecule has 1 aliphatic heterocycles. The molecule has 25 heavy (non-hydrogen) atoms. The van der Waals surface area contributed by atoms with E-state index in [4.69, 9.17) is 16.3 Å². The van der Waals surface area contributed by atoms with Gasteiger partial charge in [-0.25, -0.2) is 14.7 Å². The highest BCUT2D eigenvalue weighted by Gasteiger charge is 2.23. The topological polar surface area (TPSA) is 52.3 Å². The van der Waals surface area contributed by atoms with Crippen LogP contribution in [-0.2, 0) is 11.3 Å². The molecule has 0 spiro atoms. The fraction of sp³-hybridized carbons (Fsp3) is 0.0625. The summed E-state index contributed by atoms with van der Waals surface area (Å²) in [6.07, 6.45) is 1.66. The first-order chi connectivity index (χ1) is 12.0. The van der Waals surface area contributed by atoms with Crippen LogP contribution in [0.2, 0.25) is 5.02 Å². The Kier molecular flexibility index (Phi) is 4.70. The zero-order valence-corrected chi connectivity index (χ0v) is 17.9. The van der Waals surface area contributed by atoms with E-state index in [1.807, 2.05) is 18.2 Å². The number of hydrogen-bond donors (Lipinski definition) is 0. The molecule has 4 rings (SSSR count). The van der Waals surface area contributed by atoms with Crippen molar-refractivity contribution in [2.24, 2.45) is 4.99 Å². The Hall–Kier alpha value is -1.22. The van der Waals surface area contributed by atoms with Crippen LogP contribution < -0.4 is 0 Å². The number of ether oxygens (including phenoxy) is 1. The average Bonchev–Trinajstić information content (AvgIpc) is 2.96. The zero-order valence-electron chi connectivity index (χ0n) is 12.4. The number of hydrogen-bond acceptors (Lipinski definition) is 4. The summed E-state index contributed by atoms with van der Waals surface area (Å²) >= 11 is 16.7. The molecule has 5 nitrogen and oxygen atoms in total. The first kappa shape index (κ1) is 17.2. The van der Waals surface area contributed by atoms with Crippen LogP contribution in [-0.4, -0.2) is 20.7 Å². The maximum absolute atomic E-state index is 6.27. The minimum absolute atomic E-state index is 0.408. The highest BCUT2D eigenvalue weighted by atomic mass is 79.9. The van der Waals surface area contributed by atoms with Gasteiger partial charge in [0, 0.05) is 26.8 Å². The van der Waals surface area contributed by atoms with E-state index in [2.05, 4.69) is 62.9 Å². The zero-order chi connectivity index (χ0) is 17.6. The molecule has 0 radical (unpaired) electrons. The predicted molar refractivity (Wildman–Crippen MR) is 107 cm³/mol. The number of aliphatic imine (C=N–C) groups is 1. The van der Waals surface area contributed by atoms with Gasteiger partial charge < -0.3 is 4.74 Å². The van der Waals surface area contributed by atoms with E-state index in [1.54, 1.807) is 23.0 Å². The van der Waals surface area contributed by atoms with E-state index in [-0.39, 0.29) is 0 Å². The third kappa shape index (κ3) is 3.28. The van der Waals surface area contributed by atoms with Crippen LogP contribution in [0.15, 0.2) is 55.1 Å². The van der Waals surface area contributed by atoms with Crippen molar-refractivity contribution in [3.8, 4) is 5.82 Å². The summed E-state index contributed by atoms with van der Waals surface area (Å²) in [4.78, 5) is 8.97. The number of fused-ring (bicyclic) bond motifs is 1. The summed E-state index contributed by atoms with van der Waals surface area (Å²) in [6, 6.07) is 9.29. The number of halogens is 4. The van der Waals surface area contributed by atoms with Gasteiger partial charge in [0.1, 0.15) is 16.9 Å². The van der Waals surface area contributed by atoms with Crippen LogP contribution in [0.1, 0.15) is 11.3 Å². The summed E-state index contributed by atoms with van der Waals surface area (Å²) in [6.45, 7) is 0.408. The van der Waals surface area contributed by atoms with E-state index in [1.165, 1.54) is 0 Å². The molecule has 0 bridgehead atoms. The molecular formula is C16H8Br3ClN4O.